The van der Waals surface area contributed by atoms with Gasteiger partial charge in [-0.25, -0.2) is 8.42 Å². The number of aliphatic hydroxyl groups excluding tert-OH is 21. The van der Waals surface area contributed by atoms with Crippen LogP contribution in [0.4, 0.5) is 0 Å². The molecule has 21 rings (SSSR count). The van der Waals surface area contributed by atoms with E-state index in [2.05, 4.69) is 11.1 Å². The van der Waals surface area contributed by atoms with E-state index in [4.69, 9.17) is 66.3 Å². The molecule has 35 atom stereocenters. The number of hydrogen-bond acceptors (Lipinski definition) is 39. The second-order valence-corrected chi connectivity index (χ2v) is 25.1. The van der Waals surface area contributed by atoms with Crippen LogP contribution in [0.5, 0.6) is 0 Å². The summed E-state index contributed by atoms with van der Waals surface area (Å²) in [6, 6.07) is 0. The molecule has 14 bridgehead atoms. The standard InChI is InChI=1S/C42H70O35.C12H26O4S.Na/c43-1-8-29-15(50)22(57)36(64-8)72-30-9(2-44)66-38(24(59)17(30)52)74-32-11(4-46)68-40(26(61)19(32)54)76-34-13(6-48)70-42(28(63)21(34)56)77-35-14(7-49)69-41(27(62)20(35)55)75-33-12(5-47)67-39(25(60)18(33)53)73-31-10(3-45)65-37(71-29)23(58)16(31)51;1-2-3-4-5-6-7-8-9-10-11-12-16-17(13,14)15;/h8-63H,1-7H2;2-12H2,1H3,(H,13,14,15);/q;;+1/p-1/t8-,9-,10-,11-,12-,13-,14-,15-,16-,17-,18-,19-,20-,21-,22-,23-,24-,25-,26-,27-,28-,29-,30-,31-,32-,33-,34-,35-,36-,37-,38-,39-,40-,41-,42-;;/m1../s1. The summed E-state index contributed by atoms with van der Waals surface area (Å²) in [6.45, 7) is -5.08. The molecule has 39 nitrogen and oxygen atoms in total. The predicted molar refractivity (Wildman–Crippen MR) is 296 cm³/mol. The number of unbranched alkanes of at least 4 members (excludes halogenated alkanes) is 9. The van der Waals surface area contributed by atoms with Gasteiger partial charge in [0.05, 0.1) is 52.9 Å². The minimum atomic E-state index is -4.48. The van der Waals surface area contributed by atoms with Crippen LogP contribution in [0.1, 0.15) is 71.1 Å². The van der Waals surface area contributed by atoms with Gasteiger partial charge in [-0.3, -0.25) is 4.18 Å². The van der Waals surface area contributed by atoms with Crippen molar-refractivity contribution in [1.29, 1.82) is 0 Å². The molecule has 95 heavy (non-hydrogen) atoms. The van der Waals surface area contributed by atoms with Crippen LogP contribution in [0.25, 0.3) is 0 Å². The number of hydrogen-bond donors (Lipinski definition) is 21. The molecule has 21 fully saturated rings. The molecule has 0 radical (unpaired) electrons. The summed E-state index contributed by atoms with van der Waals surface area (Å²) in [4.78, 5) is 0. The third-order valence-corrected chi connectivity index (χ3v) is 18.0. The van der Waals surface area contributed by atoms with Crippen molar-refractivity contribution < 1.29 is 220 Å². The zero-order valence-electron chi connectivity index (χ0n) is 52.1. The van der Waals surface area contributed by atoms with Crippen LogP contribution in [-0.4, -0.2) is 388 Å². The Hall–Kier alpha value is -0.530. The fourth-order valence-electron chi connectivity index (χ4n) is 12.2. The normalized spacial score (nSPS) is 47.0. The Labute approximate surface area is 567 Å². The minimum Gasteiger partial charge on any atom is -0.726 e. The topological polar surface area (TPSA) is 620 Å². The molecule has 0 spiro atoms. The quantitative estimate of drug-likeness (QED) is 0.0247. The van der Waals surface area contributed by atoms with Gasteiger partial charge in [-0.1, -0.05) is 64.7 Å². The van der Waals surface area contributed by atoms with Crippen molar-refractivity contribution in [3.8, 4) is 0 Å². The summed E-state index contributed by atoms with van der Waals surface area (Å²) in [5, 5.41) is 230. The molecule has 21 N–H and O–H groups in total. The molecule has 0 aromatic carbocycles. The Balaban J connectivity index is 0.000000696. The van der Waals surface area contributed by atoms with Crippen LogP contribution >= 0.6 is 0 Å². The van der Waals surface area contributed by atoms with Gasteiger partial charge in [0, 0.05) is 0 Å². The predicted octanol–water partition coefficient (Wildman–Crippen LogP) is -14.8. The minimum absolute atomic E-state index is 0. The van der Waals surface area contributed by atoms with E-state index in [1.54, 1.807) is 0 Å². The van der Waals surface area contributed by atoms with Crippen molar-refractivity contribution in [1.82, 2.24) is 0 Å². The van der Waals surface area contributed by atoms with Crippen LogP contribution in [-0.2, 0) is 80.9 Å². The maximum absolute atomic E-state index is 11.3. The maximum Gasteiger partial charge on any atom is 1.00 e. The number of ether oxygens (including phenoxy) is 14. The average Bonchev–Trinajstić information content (AvgIpc) is 0.788. The van der Waals surface area contributed by atoms with Gasteiger partial charge in [0.25, 0.3) is 0 Å². The molecule has 0 unspecified atom stereocenters. The average molecular weight is 1420 g/mol. The Bertz CT molecular complexity index is 1930. The Morgan fingerprint density at radius 3 is 0.579 bits per heavy atom. The van der Waals surface area contributed by atoms with Gasteiger partial charge in [0.1, 0.15) is 171 Å². The van der Waals surface area contributed by atoms with Crippen LogP contribution in [0.2, 0.25) is 0 Å². The largest absolute Gasteiger partial charge is 1.00 e. The van der Waals surface area contributed by atoms with Gasteiger partial charge in [-0.15, -0.1) is 0 Å². The summed E-state index contributed by atoms with van der Waals surface area (Å²) in [5.41, 5.74) is 0. The van der Waals surface area contributed by atoms with E-state index in [9.17, 15) is 120 Å². The second-order valence-electron chi connectivity index (χ2n) is 24.1. The first kappa shape index (κ1) is 83.4. The Morgan fingerprint density at radius 1 is 0.274 bits per heavy atom. The van der Waals surface area contributed by atoms with Crippen LogP contribution in [0.3, 0.4) is 0 Å². The van der Waals surface area contributed by atoms with Crippen LogP contribution in [0.15, 0.2) is 0 Å². The van der Waals surface area contributed by atoms with E-state index < -0.39 is 272 Å². The molecule has 0 saturated carbocycles. The van der Waals surface area contributed by atoms with Gasteiger partial charge in [-0.2, -0.15) is 0 Å². The molecule has 0 aromatic rings. The van der Waals surface area contributed by atoms with Gasteiger partial charge in [-0.05, 0) is 6.42 Å². The summed E-state index contributed by atoms with van der Waals surface area (Å²) in [7, 11) is -4.48. The first-order valence-corrected chi connectivity index (χ1v) is 32.6. The summed E-state index contributed by atoms with van der Waals surface area (Å²) in [5.74, 6) is 0. The second kappa shape index (κ2) is 38.8. The fourth-order valence-corrected chi connectivity index (χ4v) is 12.5. The van der Waals surface area contributed by atoms with Gasteiger partial charge in [0.15, 0.2) is 44.0 Å². The zero-order chi connectivity index (χ0) is 69.0. The fraction of sp³-hybridized carbons (Fsp3) is 1.00. The summed E-state index contributed by atoms with van der Waals surface area (Å²) >= 11 is 0. The molecule has 21 heterocycles. The van der Waals surface area contributed by atoms with Crippen LogP contribution < -0.4 is 29.6 Å². The third kappa shape index (κ3) is 20.5. The summed E-state index contributed by atoms with van der Waals surface area (Å²) < 4.78 is 114. The molecule has 0 amide bonds. The molecular weight excluding hydrogens is 1330 g/mol. The van der Waals surface area contributed by atoms with E-state index >= 15 is 0 Å². The molecule has 552 valence electrons. The van der Waals surface area contributed by atoms with E-state index in [0.29, 0.717) is 6.42 Å². The number of rotatable bonds is 19. The van der Waals surface area contributed by atoms with Crippen molar-refractivity contribution in [2.24, 2.45) is 0 Å². The first-order chi connectivity index (χ1) is 44.7. The molecule has 21 aliphatic heterocycles. The van der Waals surface area contributed by atoms with E-state index in [-0.39, 0.29) is 36.2 Å². The molecule has 0 aliphatic carbocycles. The van der Waals surface area contributed by atoms with Crippen molar-refractivity contribution >= 4 is 10.4 Å². The third-order valence-electron chi connectivity index (χ3n) is 17.5. The van der Waals surface area contributed by atoms with Crippen molar-refractivity contribution in [2.75, 3.05) is 52.9 Å². The van der Waals surface area contributed by atoms with Gasteiger partial charge < -0.3 is 178 Å². The Morgan fingerprint density at radius 2 is 0.432 bits per heavy atom. The van der Waals surface area contributed by atoms with Crippen molar-refractivity contribution in [3.05, 3.63) is 0 Å². The molecule has 41 heteroatoms. The van der Waals surface area contributed by atoms with Crippen molar-refractivity contribution in [3.63, 3.8) is 0 Å². The molecule has 21 aliphatic rings. The molecule has 21 saturated heterocycles. The van der Waals surface area contributed by atoms with E-state index in [1.165, 1.54) is 44.9 Å². The first-order valence-electron chi connectivity index (χ1n) is 31.3. The summed E-state index contributed by atoms with van der Waals surface area (Å²) in [6.07, 6.45) is -58.5. The number of aliphatic hydroxyl groups is 21. The zero-order valence-corrected chi connectivity index (χ0v) is 54.9. The maximum atomic E-state index is 11.3. The van der Waals surface area contributed by atoms with Gasteiger partial charge >= 0.3 is 29.6 Å². The smallest absolute Gasteiger partial charge is 0.726 e. The molecule has 0 aromatic heterocycles. The van der Waals surface area contributed by atoms with Gasteiger partial charge in [0.2, 0.25) is 10.4 Å². The Kier molecular flexibility index (Phi) is 34.1. The van der Waals surface area contributed by atoms with E-state index in [1.807, 2.05) is 0 Å². The van der Waals surface area contributed by atoms with Crippen LogP contribution in [0, 0.1) is 0 Å². The monoisotopic (exact) mass is 1420 g/mol. The van der Waals surface area contributed by atoms with E-state index in [0.717, 1.165) is 12.8 Å². The van der Waals surface area contributed by atoms with Crippen molar-refractivity contribution in [2.45, 2.75) is 286 Å². The molecular formula is C54H95NaO39S. The SMILES string of the molecule is CCCCCCCCCCCCOS(=O)(=O)[O-].OC[C@H]1O[C@@H]2O[C@H]3[C@H](O)[C@@H](O)[C@@H](O[C@H]4[C@H](O)[C@@H](O)[C@@H](O[C@H]5[C@H](O)[C@@H](O)[C@@H](O[C@H]6[C@H](O)[C@@H](O)[C@@H](O[C@H]7[C@H](O)[C@@H](O)[C@@H](O[C@H]8[C@H](O)[C@@H](O)[C@@H](O[C@H]1[C@H](O)[C@H]2O)O[C@@H]8CO)O[C@@H]7CO)O[C@@H]6CO)O[C@@H]5CO)O[C@@H]4CO)O[C@@H]3CO.[Na+].